The van der Waals surface area contributed by atoms with Crippen LogP contribution < -0.4 is 19.5 Å². The van der Waals surface area contributed by atoms with E-state index < -0.39 is 21.8 Å². The number of benzene rings is 1. The van der Waals surface area contributed by atoms with Gasteiger partial charge in [-0.15, -0.1) is 4.36 Å². The van der Waals surface area contributed by atoms with Gasteiger partial charge in [-0.3, -0.25) is 0 Å². The number of rotatable bonds is 6. The van der Waals surface area contributed by atoms with Gasteiger partial charge in [-0.05, 0) is 35.2 Å². The highest BCUT2D eigenvalue weighted by molar-refractivity contribution is 7.92. The Hall–Kier alpha value is -4.18. The van der Waals surface area contributed by atoms with Gasteiger partial charge >= 0.3 is 6.03 Å². The first-order valence-electron chi connectivity index (χ1n) is 11.0. The maximum Gasteiger partial charge on any atom is 0.355 e. The number of nitrogens with one attached hydrogen (secondary N) is 2. The molecule has 2 amide bonds. The summed E-state index contributed by atoms with van der Waals surface area (Å²) in [6.07, 6.45) is 5.07. The lowest BCUT2D eigenvalue weighted by atomic mass is 9.94. The van der Waals surface area contributed by atoms with E-state index in [0.717, 1.165) is 0 Å². The van der Waals surface area contributed by atoms with Gasteiger partial charge in [-0.2, -0.15) is 10.4 Å². The van der Waals surface area contributed by atoms with Crippen LogP contribution in [0.2, 0.25) is 0 Å². The van der Waals surface area contributed by atoms with Crippen LogP contribution in [0.4, 0.5) is 14.9 Å². The molecular formula is C23H24FN7O4S. The third-order valence-electron chi connectivity index (χ3n) is 5.45. The summed E-state index contributed by atoms with van der Waals surface area (Å²) in [5, 5.41) is 16.0. The molecule has 0 saturated carbocycles. The summed E-state index contributed by atoms with van der Waals surface area (Å²) in [6.45, 7) is 4.60. The van der Waals surface area contributed by atoms with E-state index in [1.165, 1.54) is 36.3 Å². The summed E-state index contributed by atoms with van der Waals surface area (Å²) in [6, 6.07) is 4.82. The molecule has 0 radical (unpaired) electrons. The number of urea groups is 1. The number of halogens is 1. The van der Waals surface area contributed by atoms with Crippen LogP contribution in [0.1, 0.15) is 31.7 Å². The van der Waals surface area contributed by atoms with Gasteiger partial charge in [0.1, 0.15) is 5.82 Å². The number of hydrogen-bond donors (Lipinski definition) is 2. The standard InChI is InChI=1S/C23H24FN7O4S/c1-14(2)17-10-16(24)11-18(15-5-6-26-20(9-15)34-3)21(17)29-23(32)30-36(33,28-13-25)19-12-27-31-7-4-8-35-22(19)31/h5-6,9-12,14H,4,7-8H2,1-3H3,(H2,28,29,30,32,33). The zero-order valence-electron chi connectivity index (χ0n) is 19.8. The summed E-state index contributed by atoms with van der Waals surface area (Å²) in [5.74, 6) is -0.203. The molecule has 188 valence electrons. The number of pyridine rings is 1. The minimum atomic E-state index is -3.78. The van der Waals surface area contributed by atoms with Crippen LogP contribution in [0.25, 0.3) is 11.1 Å². The molecule has 0 fully saturated rings. The van der Waals surface area contributed by atoms with Crippen molar-refractivity contribution in [3.05, 3.63) is 48.0 Å². The van der Waals surface area contributed by atoms with Crippen LogP contribution in [0.15, 0.2) is 45.9 Å². The Bertz CT molecular complexity index is 1470. The molecule has 36 heavy (non-hydrogen) atoms. The van der Waals surface area contributed by atoms with Crippen molar-refractivity contribution in [2.75, 3.05) is 19.0 Å². The van der Waals surface area contributed by atoms with E-state index in [-0.39, 0.29) is 22.4 Å². The lowest BCUT2D eigenvalue weighted by Crippen LogP contribution is -2.23. The van der Waals surface area contributed by atoms with Crippen LogP contribution in [0, 0.1) is 17.3 Å². The second-order valence-corrected chi connectivity index (χ2v) is 10.0. The number of carbonyl (C=O) groups excluding carboxylic acids is 1. The zero-order chi connectivity index (χ0) is 25.9. The number of aryl methyl sites for hydroxylation is 1. The Morgan fingerprint density at radius 3 is 2.92 bits per heavy atom. The number of amides is 2. The molecule has 2 aromatic heterocycles. The second-order valence-electron chi connectivity index (χ2n) is 8.16. The third kappa shape index (κ3) is 4.94. The van der Waals surface area contributed by atoms with Crippen LogP contribution in [0.3, 0.4) is 0 Å². The van der Waals surface area contributed by atoms with E-state index >= 15 is 0 Å². The van der Waals surface area contributed by atoms with E-state index in [0.29, 0.717) is 42.1 Å². The van der Waals surface area contributed by atoms with Gasteiger partial charge in [0.25, 0.3) is 0 Å². The minimum absolute atomic E-state index is 0.0128. The molecule has 1 atom stereocenters. The molecule has 13 heteroatoms. The minimum Gasteiger partial charge on any atom is -0.481 e. The maximum absolute atomic E-state index is 14.6. The quantitative estimate of drug-likeness (QED) is 0.374. The number of nitriles is 1. The van der Waals surface area contributed by atoms with Crippen LogP contribution in [-0.2, 0) is 16.5 Å². The van der Waals surface area contributed by atoms with E-state index in [9.17, 15) is 18.7 Å². The largest absolute Gasteiger partial charge is 0.481 e. The summed E-state index contributed by atoms with van der Waals surface area (Å²) in [4.78, 5) is 17.2. The second kappa shape index (κ2) is 10.2. The highest BCUT2D eigenvalue weighted by Gasteiger charge is 2.27. The fourth-order valence-corrected chi connectivity index (χ4v) is 5.06. The Balaban J connectivity index is 1.81. The number of nitrogens with zero attached hydrogens (tertiary/aromatic N) is 5. The number of methoxy groups -OCH3 is 1. The van der Waals surface area contributed by atoms with Gasteiger partial charge in [0.2, 0.25) is 11.8 Å². The van der Waals surface area contributed by atoms with Crippen molar-refractivity contribution < 1.29 is 22.9 Å². The topological polar surface area (TPSA) is 144 Å². The smallest absolute Gasteiger partial charge is 0.355 e. The number of anilines is 1. The first kappa shape index (κ1) is 24.9. The first-order chi connectivity index (χ1) is 17.3. The van der Waals surface area contributed by atoms with Crippen LogP contribution >= 0.6 is 0 Å². The molecule has 3 heterocycles. The van der Waals surface area contributed by atoms with Crippen molar-refractivity contribution in [2.24, 2.45) is 4.36 Å². The van der Waals surface area contributed by atoms with Gasteiger partial charge in [-0.25, -0.2) is 27.8 Å². The molecule has 3 aromatic rings. The van der Waals surface area contributed by atoms with Crippen molar-refractivity contribution in [2.45, 2.75) is 37.6 Å². The predicted molar refractivity (Wildman–Crippen MR) is 129 cm³/mol. The molecule has 4 rings (SSSR count). The maximum atomic E-state index is 14.6. The molecule has 1 unspecified atom stereocenters. The van der Waals surface area contributed by atoms with Gasteiger partial charge in [0.05, 0.1) is 25.6 Å². The first-order valence-corrected chi connectivity index (χ1v) is 12.5. The van der Waals surface area contributed by atoms with E-state index in [4.69, 9.17) is 9.47 Å². The Labute approximate surface area is 207 Å². The highest BCUT2D eigenvalue weighted by atomic mass is 32.2. The van der Waals surface area contributed by atoms with Crippen molar-refractivity contribution in [3.8, 4) is 29.1 Å². The van der Waals surface area contributed by atoms with Crippen molar-refractivity contribution in [1.82, 2.24) is 19.5 Å². The predicted octanol–water partition coefficient (Wildman–Crippen LogP) is 4.04. The number of fused-ring (bicyclic) bond motifs is 1. The molecule has 1 aliphatic rings. The molecular weight excluding hydrogens is 489 g/mol. The van der Waals surface area contributed by atoms with Gasteiger partial charge in [0.15, 0.2) is 21.0 Å². The van der Waals surface area contributed by atoms with Gasteiger partial charge < -0.3 is 14.8 Å². The van der Waals surface area contributed by atoms with Crippen LogP contribution in [0.5, 0.6) is 11.8 Å². The highest BCUT2D eigenvalue weighted by Crippen LogP contribution is 2.37. The zero-order valence-corrected chi connectivity index (χ0v) is 20.6. The molecule has 1 aliphatic heterocycles. The number of ether oxygens (including phenoxy) is 2. The molecule has 0 aliphatic carbocycles. The third-order valence-corrected chi connectivity index (χ3v) is 7.12. The lowest BCUT2D eigenvalue weighted by molar-refractivity contribution is 0.224. The molecule has 0 bridgehead atoms. The average molecular weight is 514 g/mol. The fourth-order valence-electron chi connectivity index (χ4n) is 3.81. The van der Waals surface area contributed by atoms with Gasteiger partial charge in [0, 0.05) is 30.8 Å². The van der Waals surface area contributed by atoms with Gasteiger partial charge in [-0.1, -0.05) is 13.8 Å². The fraction of sp³-hybridized carbons (Fsp3) is 0.304. The van der Waals surface area contributed by atoms with E-state index in [1.807, 2.05) is 13.8 Å². The molecule has 2 N–H and O–H groups in total. The Morgan fingerprint density at radius 1 is 1.39 bits per heavy atom. The summed E-state index contributed by atoms with van der Waals surface area (Å²) >= 11 is 0. The summed E-state index contributed by atoms with van der Waals surface area (Å²) in [7, 11) is -2.32. The summed E-state index contributed by atoms with van der Waals surface area (Å²) in [5.41, 5.74) is 1.66. The molecule has 1 aromatic carbocycles. The van der Waals surface area contributed by atoms with E-state index in [1.54, 1.807) is 18.3 Å². The number of aromatic nitrogens is 3. The molecule has 11 nitrogen and oxygen atoms in total. The Kier molecular flexibility index (Phi) is 7.07. The molecule has 0 saturated heterocycles. The van der Waals surface area contributed by atoms with Crippen molar-refractivity contribution >= 4 is 21.6 Å². The molecule has 0 spiro atoms. The van der Waals surface area contributed by atoms with Crippen LogP contribution in [-0.4, -0.2) is 38.7 Å². The number of carbonyl (C=O) groups is 1. The summed E-state index contributed by atoms with van der Waals surface area (Å²) < 4.78 is 46.4. The van der Waals surface area contributed by atoms with Crippen molar-refractivity contribution in [1.29, 1.82) is 5.26 Å². The monoisotopic (exact) mass is 513 g/mol. The normalized spacial score (nSPS) is 14.1. The van der Waals surface area contributed by atoms with E-state index in [2.05, 4.69) is 24.5 Å². The SMILES string of the molecule is COc1cc(-c2cc(F)cc(C(C)C)c2NC(=O)N=S(=O)(NC#N)c2cnn3c2OCCC3)ccn1. The Morgan fingerprint density at radius 2 is 2.19 bits per heavy atom. The number of hydrogen-bond acceptors (Lipinski definition) is 7. The lowest BCUT2D eigenvalue weighted by Gasteiger charge is -2.19. The average Bonchev–Trinajstić information content (AvgIpc) is 3.30. The van der Waals surface area contributed by atoms with Crippen molar-refractivity contribution in [3.63, 3.8) is 0 Å².